The number of benzene rings is 1. The Morgan fingerprint density at radius 1 is 1.26 bits per heavy atom. The molecule has 0 aliphatic heterocycles. The predicted molar refractivity (Wildman–Crippen MR) is 105 cm³/mol. The maximum absolute atomic E-state index is 12.9. The lowest BCUT2D eigenvalue weighted by Crippen LogP contribution is -2.23. The summed E-state index contributed by atoms with van der Waals surface area (Å²) in [6, 6.07) is 6.16. The van der Waals surface area contributed by atoms with Crippen molar-refractivity contribution in [3.05, 3.63) is 68.3 Å². The molecule has 0 unspecified atom stereocenters. The third kappa shape index (κ3) is 5.24. The van der Waals surface area contributed by atoms with Crippen LogP contribution in [0.2, 0.25) is 0 Å². The molecule has 0 bridgehead atoms. The van der Waals surface area contributed by atoms with Crippen molar-refractivity contribution in [1.82, 2.24) is 15.0 Å². The van der Waals surface area contributed by atoms with Crippen LogP contribution in [0.1, 0.15) is 22.5 Å². The number of carbonyl (C=O) groups is 1. The Morgan fingerprint density at radius 3 is 2.63 bits per heavy atom. The molecule has 0 fully saturated rings. The topological polar surface area (TPSA) is 87.7 Å². The summed E-state index contributed by atoms with van der Waals surface area (Å²) in [6.07, 6.45) is -0.0737. The molecule has 140 valence electrons. The van der Waals surface area contributed by atoms with Crippen LogP contribution in [0, 0.1) is 19.7 Å². The van der Waals surface area contributed by atoms with E-state index in [4.69, 9.17) is 0 Å². The van der Waals surface area contributed by atoms with Crippen LogP contribution in [0.25, 0.3) is 0 Å². The lowest BCUT2D eigenvalue weighted by Gasteiger charge is -2.07. The van der Waals surface area contributed by atoms with Crippen LogP contribution in [0.15, 0.2) is 39.6 Å². The third-order valence-corrected chi connectivity index (χ3v) is 5.51. The molecule has 3 aromatic rings. The number of hydrogen-bond acceptors (Lipinski definition) is 6. The molecule has 2 N–H and O–H groups in total. The molecule has 0 atom stereocenters. The lowest BCUT2D eigenvalue weighted by atomic mass is 10.1. The van der Waals surface area contributed by atoms with Crippen molar-refractivity contribution in [3.63, 3.8) is 0 Å². The van der Waals surface area contributed by atoms with Crippen molar-refractivity contribution >= 4 is 34.1 Å². The predicted octanol–water partition coefficient (Wildman–Crippen LogP) is 3.46. The van der Waals surface area contributed by atoms with Crippen LogP contribution in [0.5, 0.6) is 0 Å². The monoisotopic (exact) mass is 404 g/mol. The largest absolute Gasteiger partial charge is 0.302 e. The first-order chi connectivity index (χ1) is 12.9. The minimum absolute atomic E-state index is 0.0737. The lowest BCUT2D eigenvalue weighted by molar-refractivity contribution is -0.115. The summed E-state index contributed by atoms with van der Waals surface area (Å²) in [5.74, 6) is -0.0561. The molecular weight excluding hydrogens is 387 g/mol. The third-order valence-electron chi connectivity index (χ3n) is 3.69. The average Bonchev–Trinajstić information content (AvgIpc) is 3.02. The van der Waals surface area contributed by atoms with Crippen molar-refractivity contribution in [1.29, 1.82) is 0 Å². The van der Waals surface area contributed by atoms with Gasteiger partial charge in [0, 0.05) is 22.4 Å². The summed E-state index contributed by atoms with van der Waals surface area (Å²) >= 11 is 2.68. The number of aryl methyl sites for hydroxylation is 2. The SMILES string of the molecule is Cc1csc(NC(=O)Cc2c(C)nc(SCc3ccc(F)cc3)[nH]c2=O)n1. The first-order valence-electron chi connectivity index (χ1n) is 8.09. The smallest absolute Gasteiger partial charge is 0.255 e. The first kappa shape index (κ1) is 19.2. The van der Waals surface area contributed by atoms with Crippen molar-refractivity contribution in [2.45, 2.75) is 31.2 Å². The van der Waals surface area contributed by atoms with Gasteiger partial charge in [-0.15, -0.1) is 11.3 Å². The Morgan fingerprint density at radius 2 is 2.00 bits per heavy atom. The Bertz CT molecular complexity index is 1010. The number of amides is 1. The second kappa shape index (κ2) is 8.45. The molecule has 1 aromatic carbocycles. The molecule has 3 rings (SSSR count). The number of carbonyl (C=O) groups excluding carboxylic acids is 1. The van der Waals surface area contributed by atoms with Gasteiger partial charge in [-0.3, -0.25) is 9.59 Å². The van der Waals surface area contributed by atoms with E-state index in [2.05, 4.69) is 20.3 Å². The molecule has 27 heavy (non-hydrogen) atoms. The Kier molecular flexibility index (Phi) is 6.02. The molecular formula is C18H17FN4O2S2. The van der Waals surface area contributed by atoms with E-state index < -0.39 is 0 Å². The van der Waals surface area contributed by atoms with Gasteiger partial charge in [-0.25, -0.2) is 14.4 Å². The first-order valence-corrected chi connectivity index (χ1v) is 9.96. The summed E-state index contributed by atoms with van der Waals surface area (Å²) in [7, 11) is 0. The molecule has 2 aromatic heterocycles. The van der Waals surface area contributed by atoms with E-state index in [9.17, 15) is 14.0 Å². The summed E-state index contributed by atoms with van der Waals surface area (Å²) < 4.78 is 12.9. The number of H-pyrrole nitrogens is 1. The number of thioether (sulfide) groups is 1. The van der Waals surface area contributed by atoms with Crippen molar-refractivity contribution in [2.24, 2.45) is 0 Å². The van der Waals surface area contributed by atoms with Gasteiger partial charge < -0.3 is 10.3 Å². The highest BCUT2D eigenvalue weighted by molar-refractivity contribution is 7.98. The molecule has 2 heterocycles. The highest BCUT2D eigenvalue weighted by Gasteiger charge is 2.14. The van der Waals surface area contributed by atoms with E-state index >= 15 is 0 Å². The van der Waals surface area contributed by atoms with Gasteiger partial charge in [-0.2, -0.15) is 0 Å². The van der Waals surface area contributed by atoms with E-state index in [1.807, 2.05) is 12.3 Å². The molecule has 1 amide bonds. The van der Waals surface area contributed by atoms with Gasteiger partial charge >= 0.3 is 0 Å². The Hall–Kier alpha value is -2.52. The number of hydrogen-bond donors (Lipinski definition) is 2. The van der Waals surface area contributed by atoms with Crippen molar-refractivity contribution < 1.29 is 9.18 Å². The van der Waals surface area contributed by atoms with Gasteiger partial charge in [0.05, 0.1) is 12.1 Å². The molecule has 0 saturated carbocycles. The van der Waals surface area contributed by atoms with E-state index in [1.54, 1.807) is 19.1 Å². The van der Waals surface area contributed by atoms with Gasteiger partial charge in [0.1, 0.15) is 5.82 Å². The minimum atomic E-state index is -0.338. The number of halogens is 1. The van der Waals surface area contributed by atoms with Gasteiger partial charge in [0.2, 0.25) is 5.91 Å². The summed E-state index contributed by atoms with van der Waals surface area (Å²) in [6.45, 7) is 3.54. The van der Waals surface area contributed by atoms with Crippen molar-refractivity contribution in [2.75, 3.05) is 5.32 Å². The molecule has 0 aliphatic carbocycles. The fourth-order valence-electron chi connectivity index (χ4n) is 2.33. The van der Waals surface area contributed by atoms with Crippen LogP contribution in [0.3, 0.4) is 0 Å². The number of nitrogens with zero attached hydrogens (tertiary/aromatic N) is 2. The maximum atomic E-state index is 12.9. The Labute approximate surface area is 163 Å². The number of anilines is 1. The fourth-order valence-corrected chi connectivity index (χ4v) is 3.90. The summed E-state index contributed by atoms with van der Waals surface area (Å²) in [4.78, 5) is 35.8. The molecule has 0 saturated heterocycles. The van der Waals surface area contributed by atoms with Crippen LogP contribution in [-0.2, 0) is 17.0 Å². The number of nitrogens with one attached hydrogen (secondary N) is 2. The summed E-state index contributed by atoms with van der Waals surface area (Å²) in [5.41, 5.74) is 2.24. The zero-order valence-corrected chi connectivity index (χ0v) is 16.3. The molecule has 0 spiro atoms. The molecule has 6 nitrogen and oxygen atoms in total. The molecule has 9 heteroatoms. The highest BCUT2D eigenvalue weighted by Crippen LogP contribution is 2.19. The van der Waals surface area contributed by atoms with Crippen LogP contribution in [-0.4, -0.2) is 20.9 Å². The molecule has 0 radical (unpaired) electrons. The average molecular weight is 404 g/mol. The highest BCUT2D eigenvalue weighted by atomic mass is 32.2. The molecule has 0 aliphatic rings. The zero-order chi connectivity index (χ0) is 19.4. The Balaban J connectivity index is 1.66. The van der Waals surface area contributed by atoms with Crippen LogP contribution >= 0.6 is 23.1 Å². The zero-order valence-electron chi connectivity index (χ0n) is 14.7. The normalized spacial score (nSPS) is 10.8. The van der Waals surface area contributed by atoms with Gasteiger partial charge in [-0.1, -0.05) is 23.9 Å². The van der Waals surface area contributed by atoms with E-state index in [1.165, 1.54) is 35.2 Å². The van der Waals surface area contributed by atoms with E-state index in [0.717, 1.165) is 11.3 Å². The minimum Gasteiger partial charge on any atom is -0.302 e. The van der Waals surface area contributed by atoms with E-state index in [-0.39, 0.29) is 23.7 Å². The van der Waals surface area contributed by atoms with Crippen LogP contribution < -0.4 is 10.9 Å². The van der Waals surface area contributed by atoms with Crippen molar-refractivity contribution in [3.8, 4) is 0 Å². The van der Waals surface area contributed by atoms with Gasteiger partial charge in [0.25, 0.3) is 5.56 Å². The number of aromatic nitrogens is 3. The second-order valence-electron chi connectivity index (χ2n) is 5.87. The maximum Gasteiger partial charge on any atom is 0.255 e. The summed E-state index contributed by atoms with van der Waals surface area (Å²) in [5, 5.41) is 5.48. The van der Waals surface area contributed by atoms with Gasteiger partial charge in [-0.05, 0) is 31.5 Å². The number of rotatable bonds is 6. The van der Waals surface area contributed by atoms with E-state index in [0.29, 0.717) is 27.3 Å². The fraction of sp³-hybridized carbons (Fsp3) is 0.222. The standard InChI is InChI=1S/C18H17FN4O2S2/c1-10-8-26-17(20-10)22-15(24)7-14-11(2)21-18(23-16(14)25)27-9-12-3-5-13(19)6-4-12/h3-6,8H,7,9H2,1-2H3,(H,20,22,24)(H,21,23,25). The van der Waals surface area contributed by atoms with Crippen LogP contribution in [0.4, 0.5) is 9.52 Å². The number of thiazole rings is 1. The number of aromatic amines is 1. The second-order valence-corrected chi connectivity index (χ2v) is 7.69. The quantitative estimate of drug-likeness (QED) is 0.485. The van der Waals surface area contributed by atoms with Gasteiger partial charge in [0.15, 0.2) is 10.3 Å².